The molecule has 8 heteroatoms. The van der Waals surface area contributed by atoms with E-state index in [4.69, 9.17) is 5.11 Å². The van der Waals surface area contributed by atoms with E-state index in [9.17, 15) is 18.0 Å². The minimum atomic E-state index is -4.10. The molecule has 2 heterocycles. The summed E-state index contributed by atoms with van der Waals surface area (Å²) in [6.45, 7) is 0.579. The number of carbonyl (C=O) groups is 1. The smallest absolute Gasteiger partial charge is 0.391 e. The molecule has 2 aromatic heterocycles. The molecule has 0 unspecified atom stereocenters. The quantitative estimate of drug-likeness (QED) is 0.871. The molecule has 0 aromatic carbocycles. The average molecular weight is 367 g/mol. The minimum Gasteiger partial charge on any atom is -0.478 e. The first-order valence-corrected chi connectivity index (χ1v) is 8.99. The summed E-state index contributed by atoms with van der Waals surface area (Å²) in [6.07, 6.45) is 0.771. The third kappa shape index (κ3) is 3.29. The predicted molar refractivity (Wildman–Crippen MR) is 88.0 cm³/mol. The van der Waals surface area contributed by atoms with Gasteiger partial charge in [-0.1, -0.05) is 0 Å². The molecule has 0 atom stereocenters. The maximum absolute atomic E-state index is 12.8. The van der Waals surface area contributed by atoms with Crippen LogP contribution in [-0.2, 0) is 6.54 Å². The van der Waals surface area contributed by atoms with Gasteiger partial charge in [-0.05, 0) is 50.5 Å². The standard InChI is InChI=1S/C18H20F3N3O2/c19-18(20,21)13-5-1-10(2-6-13)9-24-16(11-3-4-11)15-14(23-24)7-12(8-22-15)17(25)26/h7-8,10-11,13H,1-6,9H2,(H,25,26)/t10-,13-. The zero-order valence-electron chi connectivity index (χ0n) is 14.2. The Morgan fingerprint density at radius 1 is 1.19 bits per heavy atom. The van der Waals surface area contributed by atoms with Crippen LogP contribution in [0.5, 0.6) is 0 Å². The van der Waals surface area contributed by atoms with Gasteiger partial charge < -0.3 is 5.11 Å². The number of pyridine rings is 1. The molecule has 2 saturated carbocycles. The Bertz CT molecular complexity index is 834. The van der Waals surface area contributed by atoms with Crippen LogP contribution in [0.15, 0.2) is 12.3 Å². The van der Waals surface area contributed by atoms with E-state index in [1.807, 2.05) is 4.68 Å². The van der Waals surface area contributed by atoms with E-state index >= 15 is 0 Å². The Hall–Kier alpha value is -2.12. The molecule has 2 aromatic rings. The first-order valence-electron chi connectivity index (χ1n) is 8.99. The molecular weight excluding hydrogens is 347 g/mol. The van der Waals surface area contributed by atoms with Crippen LogP contribution in [0.25, 0.3) is 11.0 Å². The molecule has 140 valence electrons. The van der Waals surface area contributed by atoms with Crippen molar-refractivity contribution in [3.63, 3.8) is 0 Å². The van der Waals surface area contributed by atoms with Crippen LogP contribution in [0.3, 0.4) is 0 Å². The van der Waals surface area contributed by atoms with Gasteiger partial charge in [-0.15, -0.1) is 0 Å². The zero-order chi connectivity index (χ0) is 18.5. The van der Waals surface area contributed by atoms with Gasteiger partial charge in [-0.2, -0.15) is 18.3 Å². The van der Waals surface area contributed by atoms with Gasteiger partial charge in [0, 0.05) is 18.7 Å². The molecule has 0 saturated heterocycles. The SMILES string of the molecule is O=C(O)c1cnc2c(C3CC3)n(C[C@H]3CC[C@H](C(F)(F)F)CC3)nc2c1. The Morgan fingerprint density at radius 3 is 2.46 bits per heavy atom. The molecular formula is C18H20F3N3O2. The topological polar surface area (TPSA) is 68.0 Å². The van der Waals surface area contributed by atoms with Crippen molar-refractivity contribution in [2.24, 2.45) is 11.8 Å². The summed E-state index contributed by atoms with van der Waals surface area (Å²) in [4.78, 5) is 15.5. The van der Waals surface area contributed by atoms with Crippen molar-refractivity contribution in [2.45, 2.75) is 57.2 Å². The first-order chi connectivity index (χ1) is 12.3. The number of aromatic carboxylic acids is 1. The highest BCUT2D eigenvalue weighted by molar-refractivity contribution is 5.92. The van der Waals surface area contributed by atoms with E-state index in [0.29, 0.717) is 30.8 Å². The van der Waals surface area contributed by atoms with Gasteiger partial charge in [-0.25, -0.2) is 4.79 Å². The molecule has 26 heavy (non-hydrogen) atoms. The maximum Gasteiger partial charge on any atom is 0.391 e. The summed E-state index contributed by atoms with van der Waals surface area (Å²) < 4.78 is 40.4. The molecule has 0 bridgehead atoms. The lowest BCUT2D eigenvalue weighted by Crippen LogP contribution is -2.29. The van der Waals surface area contributed by atoms with Crippen LogP contribution >= 0.6 is 0 Å². The predicted octanol–water partition coefficient (Wildman–Crippen LogP) is 4.38. The number of hydrogen-bond donors (Lipinski definition) is 1. The summed E-state index contributed by atoms with van der Waals surface area (Å²) in [7, 11) is 0. The number of rotatable bonds is 4. The number of fused-ring (bicyclic) bond motifs is 1. The highest BCUT2D eigenvalue weighted by Crippen LogP contribution is 2.44. The van der Waals surface area contributed by atoms with Crippen LogP contribution in [0.2, 0.25) is 0 Å². The second-order valence-electron chi connectivity index (χ2n) is 7.50. The summed E-state index contributed by atoms with van der Waals surface area (Å²) >= 11 is 0. The second kappa shape index (κ2) is 6.25. The largest absolute Gasteiger partial charge is 0.478 e. The lowest BCUT2D eigenvalue weighted by Gasteiger charge is -2.30. The van der Waals surface area contributed by atoms with Crippen molar-refractivity contribution in [2.75, 3.05) is 0 Å². The Labute approximate surface area is 148 Å². The van der Waals surface area contributed by atoms with E-state index in [0.717, 1.165) is 24.1 Å². The van der Waals surface area contributed by atoms with Crippen molar-refractivity contribution in [3.05, 3.63) is 23.5 Å². The normalized spacial score (nSPS) is 24.1. The minimum absolute atomic E-state index is 0.0928. The van der Waals surface area contributed by atoms with Crippen LogP contribution < -0.4 is 0 Å². The van der Waals surface area contributed by atoms with Gasteiger partial charge in [0.25, 0.3) is 0 Å². The number of carboxylic acid groups (broad SMARTS) is 1. The highest BCUT2D eigenvalue weighted by Gasteiger charge is 2.41. The number of aromatic nitrogens is 3. The lowest BCUT2D eigenvalue weighted by atomic mass is 9.81. The maximum atomic E-state index is 12.8. The molecule has 2 aliphatic carbocycles. The van der Waals surface area contributed by atoms with E-state index in [1.165, 1.54) is 12.3 Å². The van der Waals surface area contributed by atoms with Crippen LogP contribution in [0, 0.1) is 11.8 Å². The van der Waals surface area contributed by atoms with Crippen molar-refractivity contribution in [1.82, 2.24) is 14.8 Å². The monoisotopic (exact) mass is 367 g/mol. The fourth-order valence-electron chi connectivity index (χ4n) is 3.97. The number of halogens is 3. The third-order valence-electron chi connectivity index (χ3n) is 5.57. The van der Waals surface area contributed by atoms with Crippen molar-refractivity contribution in [1.29, 1.82) is 0 Å². The van der Waals surface area contributed by atoms with Gasteiger partial charge >= 0.3 is 12.1 Å². The summed E-state index contributed by atoms with van der Waals surface area (Å²) in [5, 5.41) is 13.7. The molecule has 0 radical (unpaired) electrons. The molecule has 0 spiro atoms. The Balaban J connectivity index is 1.56. The lowest BCUT2D eigenvalue weighted by molar-refractivity contribution is -0.184. The van der Waals surface area contributed by atoms with E-state index < -0.39 is 18.1 Å². The van der Waals surface area contributed by atoms with Gasteiger partial charge in [0.1, 0.15) is 11.0 Å². The molecule has 2 fully saturated rings. The van der Waals surface area contributed by atoms with Crippen LogP contribution in [0.4, 0.5) is 13.2 Å². The summed E-state index contributed by atoms with van der Waals surface area (Å²) in [6, 6.07) is 1.52. The first kappa shape index (κ1) is 17.3. The van der Waals surface area contributed by atoms with Crippen molar-refractivity contribution < 1.29 is 23.1 Å². The number of alkyl halides is 3. The van der Waals surface area contributed by atoms with E-state index in [-0.39, 0.29) is 24.3 Å². The molecule has 1 N–H and O–H groups in total. The molecule has 0 amide bonds. The average Bonchev–Trinajstić information content (AvgIpc) is 3.35. The number of hydrogen-bond acceptors (Lipinski definition) is 3. The summed E-state index contributed by atoms with van der Waals surface area (Å²) in [5.74, 6) is -1.69. The molecule has 4 rings (SSSR count). The molecule has 5 nitrogen and oxygen atoms in total. The highest BCUT2D eigenvalue weighted by atomic mass is 19.4. The van der Waals surface area contributed by atoms with Crippen molar-refractivity contribution in [3.8, 4) is 0 Å². The number of nitrogens with zero attached hydrogens (tertiary/aromatic N) is 3. The number of carboxylic acids is 1. The van der Waals surface area contributed by atoms with Gasteiger partial charge in [0.2, 0.25) is 0 Å². The van der Waals surface area contributed by atoms with Gasteiger partial charge in [0.05, 0.1) is 17.2 Å². The van der Waals surface area contributed by atoms with Gasteiger partial charge in [-0.3, -0.25) is 9.67 Å². The summed E-state index contributed by atoms with van der Waals surface area (Å²) in [5.41, 5.74) is 2.38. The zero-order valence-corrected chi connectivity index (χ0v) is 14.2. The van der Waals surface area contributed by atoms with E-state index in [1.54, 1.807) is 0 Å². The molecule has 2 aliphatic rings. The Morgan fingerprint density at radius 2 is 1.88 bits per heavy atom. The Kier molecular flexibility index (Phi) is 4.16. The van der Waals surface area contributed by atoms with E-state index in [2.05, 4.69) is 10.1 Å². The van der Waals surface area contributed by atoms with Crippen LogP contribution in [-0.4, -0.2) is 32.0 Å². The second-order valence-corrected chi connectivity index (χ2v) is 7.50. The fraction of sp³-hybridized carbons (Fsp3) is 0.611. The van der Waals surface area contributed by atoms with Crippen molar-refractivity contribution >= 4 is 17.0 Å². The fourth-order valence-corrected chi connectivity index (χ4v) is 3.97. The third-order valence-corrected chi connectivity index (χ3v) is 5.57. The van der Waals surface area contributed by atoms with Gasteiger partial charge in [0.15, 0.2) is 0 Å². The van der Waals surface area contributed by atoms with Crippen LogP contribution in [0.1, 0.15) is 60.5 Å². The molecule has 0 aliphatic heterocycles.